The molecule has 1 aromatic heterocycles. The molecule has 2 heterocycles. The van der Waals surface area contributed by atoms with Gasteiger partial charge in [-0.25, -0.2) is 4.79 Å². The number of morpholine rings is 1. The van der Waals surface area contributed by atoms with E-state index in [0.29, 0.717) is 32.3 Å². The van der Waals surface area contributed by atoms with E-state index in [4.69, 9.17) is 10.5 Å². The predicted octanol–water partition coefficient (Wildman–Crippen LogP) is -1.10. The minimum atomic E-state index is -1.01. The van der Waals surface area contributed by atoms with Crippen molar-refractivity contribution >= 4 is 23.8 Å². The van der Waals surface area contributed by atoms with Crippen LogP contribution in [0.2, 0.25) is 0 Å². The average Bonchev–Trinajstić information content (AvgIpc) is 2.81. The summed E-state index contributed by atoms with van der Waals surface area (Å²) in [5.41, 5.74) is 5.59. The highest BCUT2D eigenvalue weighted by molar-refractivity contribution is 6.33. The van der Waals surface area contributed by atoms with E-state index in [9.17, 15) is 9.59 Å². The minimum absolute atomic E-state index is 0.107. The summed E-state index contributed by atoms with van der Waals surface area (Å²) in [6, 6.07) is 0. The van der Waals surface area contributed by atoms with Crippen LogP contribution in [0, 0.1) is 0 Å². The van der Waals surface area contributed by atoms with E-state index in [1.54, 1.807) is 6.92 Å². The van der Waals surface area contributed by atoms with Gasteiger partial charge in [-0.2, -0.15) is 9.67 Å². The molecular weight excluding hydrogens is 254 g/mol. The van der Waals surface area contributed by atoms with Crippen molar-refractivity contribution in [3.05, 3.63) is 0 Å². The SMILES string of the molecule is CCOC(=O)C(=O)n1nc(N2CCOCC2)nc1N. The molecule has 0 radical (unpaired) electrons. The number of carbonyl (C=O) groups is 2. The molecule has 0 bridgehead atoms. The maximum absolute atomic E-state index is 11.7. The predicted molar refractivity (Wildman–Crippen MR) is 64.7 cm³/mol. The molecule has 0 aliphatic carbocycles. The molecule has 1 saturated heterocycles. The number of anilines is 2. The van der Waals surface area contributed by atoms with Crippen LogP contribution in [-0.4, -0.2) is 59.6 Å². The summed E-state index contributed by atoms with van der Waals surface area (Å²) in [4.78, 5) is 28.8. The lowest BCUT2D eigenvalue weighted by Crippen LogP contribution is -2.37. The molecule has 9 nitrogen and oxygen atoms in total. The summed E-state index contributed by atoms with van der Waals surface area (Å²) in [5.74, 6) is -1.79. The fraction of sp³-hybridized carbons (Fsp3) is 0.600. The van der Waals surface area contributed by atoms with Gasteiger partial charge in [-0.15, -0.1) is 5.10 Å². The molecule has 0 unspecified atom stereocenters. The van der Waals surface area contributed by atoms with Crippen molar-refractivity contribution in [1.82, 2.24) is 14.8 Å². The third-order valence-electron chi connectivity index (χ3n) is 2.56. The van der Waals surface area contributed by atoms with Gasteiger partial charge in [-0.1, -0.05) is 0 Å². The van der Waals surface area contributed by atoms with Crippen LogP contribution < -0.4 is 10.6 Å². The quantitative estimate of drug-likeness (QED) is 0.531. The Morgan fingerprint density at radius 2 is 2.11 bits per heavy atom. The molecule has 1 fully saturated rings. The highest BCUT2D eigenvalue weighted by Gasteiger charge is 2.24. The molecule has 0 spiro atoms. The number of carbonyl (C=O) groups excluding carboxylic acids is 2. The third kappa shape index (κ3) is 2.81. The Morgan fingerprint density at radius 1 is 1.42 bits per heavy atom. The Hall–Kier alpha value is -2.16. The van der Waals surface area contributed by atoms with Gasteiger partial charge in [0.2, 0.25) is 11.9 Å². The van der Waals surface area contributed by atoms with Crippen molar-refractivity contribution in [3.63, 3.8) is 0 Å². The van der Waals surface area contributed by atoms with Crippen LogP contribution in [0.15, 0.2) is 0 Å². The zero-order chi connectivity index (χ0) is 13.8. The fourth-order valence-corrected chi connectivity index (χ4v) is 1.64. The van der Waals surface area contributed by atoms with Gasteiger partial charge in [0, 0.05) is 13.1 Å². The van der Waals surface area contributed by atoms with Gasteiger partial charge in [-0.05, 0) is 6.92 Å². The van der Waals surface area contributed by atoms with Crippen molar-refractivity contribution in [2.24, 2.45) is 0 Å². The summed E-state index contributed by atoms with van der Waals surface area (Å²) in [6.45, 7) is 4.04. The molecule has 2 N–H and O–H groups in total. The number of nitrogens with two attached hydrogens (primary N) is 1. The van der Waals surface area contributed by atoms with Crippen LogP contribution in [0.3, 0.4) is 0 Å². The topological polar surface area (TPSA) is 113 Å². The number of rotatable bonds is 2. The molecule has 1 aliphatic rings. The van der Waals surface area contributed by atoms with Crippen molar-refractivity contribution in [3.8, 4) is 0 Å². The van der Waals surface area contributed by atoms with Gasteiger partial charge >= 0.3 is 11.9 Å². The van der Waals surface area contributed by atoms with Crippen LogP contribution in [0.5, 0.6) is 0 Å². The third-order valence-corrected chi connectivity index (χ3v) is 2.56. The Bertz CT molecular complexity index is 480. The van der Waals surface area contributed by atoms with Crippen LogP contribution in [-0.2, 0) is 14.3 Å². The maximum Gasteiger partial charge on any atom is 0.399 e. The first kappa shape index (κ1) is 13.3. The zero-order valence-electron chi connectivity index (χ0n) is 10.5. The van der Waals surface area contributed by atoms with Crippen molar-refractivity contribution in [2.75, 3.05) is 43.5 Å². The van der Waals surface area contributed by atoms with E-state index in [-0.39, 0.29) is 12.6 Å². The molecule has 0 amide bonds. The lowest BCUT2D eigenvalue weighted by molar-refractivity contribution is -0.138. The minimum Gasteiger partial charge on any atom is -0.459 e. The fourth-order valence-electron chi connectivity index (χ4n) is 1.64. The van der Waals surface area contributed by atoms with Gasteiger partial charge in [0.1, 0.15) is 0 Å². The van der Waals surface area contributed by atoms with Crippen LogP contribution in [0.25, 0.3) is 0 Å². The van der Waals surface area contributed by atoms with Crippen molar-refractivity contribution < 1.29 is 19.1 Å². The van der Waals surface area contributed by atoms with Gasteiger partial charge in [0.05, 0.1) is 19.8 Å². The molecule has 1 aliphatic heterocycles. The first-order valence-corrected chi connectivity index (χ1v) is 5.90. The van der Waals surface area contributed by atoms with E-state index >= 15 is 0 Å². The number of ether oxygens (including phenoxy) is 2. The molecular formula is C10H15N5O4. The van der Waals surface area contributed by atoms with Crippen molar-refractivity contribution in [2.45, 2.75) is 6.92 Å². The van der Waals surface area contributed by atoms with E-state index in [2.05, 4.69) is 14.8 Å². The average molecular weight is 269 g/mol. The number of hydrogen-bond donors (Lipinski definition) is 1. The maximum atomic E-state index is 11.7. The van der Waals surface area contributed by atoms with Crippen LogP contribution in [0.4, 0.5) is 11.9 Å². The first-order chi connectivity index (χ1) is 9.13. The monoisotopic (exact) mass is 269 g/mol. The van der Waals surface area contributed by atoms with Crippen LogP contribution >= 0.6 is 0 Å². The van der Waals surface area contributed by atoms with E-state index in [1.165, 1.54) is 0 Å². The summed E-state index contributed by atoms with van der Waals surface area (Å²) in [7, 11) is 0. The van der Waals surface area contributed by atoms with Crippen molar-refractivity contribution in [1.29, 1.82) is 0 Å². The summed E-state index contributed by atoms with van der Waals surface area (Å²) >= 11 is 0. The number of esters is 1. The molecule has 0 saturated carbocycles. The second-order valence-electron chi connectivity index (χ2n) is 3.81. The van der Waals surface area contributed by atoms with E-state index in [0.717, 1.165) is 4.68 Å². The standard InChI is InChI=1S/C10H15N5O4/c1-2-19-8(17)7(16)15-9(11)12-10(13-15)14-3-5-18-6-4-14/h2-6H2,1H3,(H2,11,12,13). The lowest BCUT2D eigenvalue weighted by atomic mass is 10.4. The Kier molecular flexibility index (Phi) is 3.95. The molecule has 104 valence electrons. The number of aromatic nitrogens is 3. The highest BCUT2D eigenvalue weighted by atomic mass is 16.5. The van der Waals surface area contributed by atoms with Crippen LogP contribution in [0.1, 0.15) is 11.7 Å². The number of nitrogens with zero attached hydrogens (tertiary/aromatic N) is 4. The Labute approximate surface area is 109 Å². The Balaban J connectivity index is 2.16. The largest absolute Gasteiger partial charge is 0.459 e. The van der Waals surface area contributed by atoms with Gasteiger partial charge in [0.15, 0.2) is 0 Å². The molecule has 9 heteroatoms. The summed E-state index contributed by atoms with van der Waals surface area (Å²) in [5, 5.41) is 3.94. The molecule has 1 aromatic rings. The Morgan fingerprint density at radius 3 is 2.74 bits per heavy atom. The van der Waals surface area contributed by atoms with E-state index < -0.39 is 11.9 Å². The summed E-state index contributed by atoms with van der Waals surface area (Å²) < 4.78 is 10.6. The van der Waals surface area contributed by atoms with E-state index in [1.807, 2.05) is 4.90 Å². The second-order valence-corrected chi connectivity index (χ2v) is 3.81. The number of nitrogen functional groups attached to an aromatic ring is 1. The normalized spacial score (nSPS) is 15.3. The van der Waals surface area contributed by atoms with Gasteiger partial charge in [-0.3, -0.25) is 4.79 Å². The molecule has 0 atom stereocenters. The second kappa shape index (κ2) is 5.65. The molecule has 0 aromatic carbocycles. The smallest absolute Gasteiger partial charge is 0.399 e. The van der Waals surface area contributed by atoms with Gasteiger partial charge in [0.25, 0.3) is 0 Å². The molecule has 2 rings (SSSR count). The van der Waals surface area contributed by atoms with Gasteiger partial charge < -0.3 is 20.1 Å². The summed E-state index contributed by atoms with van der Waals surface area (Å²) in [6.07, 6.45) is 0. The zero-order valence-corrected chi connectivity index (χ0v) is 10.5. The number of hydrogen-bond acceptors (Lipinski definition) is 8. The molecule has 19 heavy (non-hydrogen) atoms. The first-order valence-electron chi connectivity index (χ1n) is 5.90. The lowest BCUT2D eigenvalue weighted by Gasteiger charge is -2.25. The highest BCUT2D eigenvalue weighted by Crippen LogP contribution is 2.12.